The number of hydrogen-bond donors (Lipinski definition) is 1. The number of hydrogen-bond acceptors (Lipinski definition) is 1. The molecule has 2 heteroatoms. The summed E-state index contributed by atoms with van der Waals surface area (Å²) in [7, 11) is 1.46. The lowest BCUT2D eigenvalue weighted by molar-refractivity contribution is 0.844. The van der Waals surface area contributed by atoms with Crippen LogP contribution in [0.15, 0.2) is 11.9 Å². The van der Waals surface area contributed by atoms with Crippen molar-refractivity contribution in [2.45, 2.75) is 51.6 Å². The highest BCUT2D eigenvalue weighted by Crippen LogP contribution is 2.10. The van der Waals surface area contributed by atoms with Crippen molar-refractivity contribution in [1.29, 1.82) is 0 Å². The minimum atomic E-state index is -0.530. The molecule has 0 saturated carbocycles. The zero-order valence-electron chi connectivity index (χ0n) is 9.47. The Morgan fingerprint density at radius 1 is 1.08 bits per heavy atom. The molecule has 78 valence electrons. The number of rotatable bonds is 8. The van der Waals surface area contributed by atoms with Gasteiger partial charge in [0.25, 0.3) is 0 Å². The number of unbranched alkanes of at least 4 members (excludes halogenated alkanes) is 2. The summed E-state index contributed by atoms with van der Waals surface area (Å²) in [5.41, 5.74) is 2.46. The van der Waals surface area contributed by atoms with Gasteiger partial charge in [-0.3, -0.25) is 0 Å². The quantitative estimate of drug-likeness (QED) is 0.592. The Morgan fingerprint density at radius 2 is 1.62 bits per heavy atom. The monoisotopic (exact) mass is 199 g/mol. The van der Waals surface area contributed by atoms with Gasteiger partial charge < -0.3 is 5.32 Å². The maximum absolute atomic E-state index is 3.11. The van der Waals surface area contributed by atoms with E-state index in [4.69, 9.17) is 0 Å². The Bertz CT molecular complexity index is 115. The van der Waals surface area contributed by atoms with E-state index in [9.17, 15) is 0 Å². The van der Waals surface area contributed by atoms with Crippen LogP contribution in [0, 0.1) is 0 Å². The van der Waals surface area contributed by atoms with E-state index in [1.54, 1.807) is 0 Å². The second-order valence-corrected chi connectivity index (χ2v) is 6.75. The maximum atomic E-state index is 3.11. The summed E-state index contributed by atoms with van der Waals surface area (Å²) >= 11 is 0. The summed E-state index contributed by atoms with van der Waals surface area (Å²) in [5, 5.41) is 3.11. The van der Waals surface area contributed by atoms with Crippen molar-refractivity contribution in [3.8, 4) is 0 Å². The molecule has 0 aliphatic heterocycles. The van der Waals surface area contributed by atoms with Crippen LogP contribution in [0.25, 0.3) is 0 Å². The van der Waals surface area contributed by atoms with Crippen LogP contribution in [0.2, 0.25) is 12.1 Å². The lowest BCUT2D eigenvalue weighted by atomic mass is 10.4. The Hall–Kier alpha value is -0.243. The van der Waals surface area contributed by atoms with Crippen molar-refractivity contribution in [2.75, 3.05) is 7.05 Å². The van der Waals surface area contributed by atoms with E-state index < -0.39 is 8.80 Å². The van der Waals surface area contributed by atoms with Crippen molar-refractivity contribution in [1.82, 2.24) is 5.32 Å². The van der Waals surface area contributed by atoms with Gasteiger partial charge in [-0.1, -0.05) is 57.3 Å². The van der Waals surface area contributed by atoms with Crippen LogP contribution in [0.5, 0.6) is 0 Å². The van der Waals surface area contributed by atoms with Crippen molar-refractivity contribution in [3.05, 3.63) is 11.9 Å². The molecule has 0 saturated heterocycles. The molecule has 1 nitrogen and oxygen atoms in total. The van der Waals surface area contributed by atoms with Gasteiger partial charge in [-0.15, -0.1) is 0 Å². The van der Waals surface area contributed by atoms with Crippen LogP contribution in [-0.2, 0) is 0 Å². The molecule has 0 fully saturated rings. The molecule has 0 aliphatic carbocycles. The Morgan fingerprint density at radius 3 is 2.00 bits per heavy atom. The lowest BCUT2D eigenvalue weighted by Gasteiger charge is -2.09. The smallest absolute Gasteiger partial charge is 0.0633 e. The lowest BCUT2D eigenvalue weighted by Crippen LogP contribution is -2.10. The van der Waals surface area contributed by atoms with E-state index in [2.05, 4.69) is 31.1 Å². The third kappa shape index (κ3) is 8.10. The van der Waals surface area contributed by atoms with Crippen LogP contribution >= 0.6 is 0 Å². The summed E-state index contributed by atoms with van der Waals surface area (Å²) in [6.07, 6.45) is 7.69. The first-order valence-corrected chi connectivity index (χ1v) is 7.99. The van der Waals surface area contributed by atoms with Gasteiger partial charge >= 0.3 is 0 Å². The summed E-state index contributed by atoms with van der Waals surface area (Å²) < 4.78 is 0. The molecule has 13 heavy (non-hydrogen) atoms. The standard InChI is InChI=1S/C11H25NSi/c1-4-6-9-13(10-7-5-2)11-8-12-3/h8,11-13H,4-7,9-10H2,1-3H3. The SMILES string of the molecule is CCCC[SiH](C=CNC)CCCC. The van der Waals surface area contributed by atoms with Gasteiger partial charge in [0.15, 0.2) is 0 Å². The third-order valence-electron chi connectivity index (χ3n) is 2.39. The van der Waals surface area contributed by atoms with Crippen LogP contribution in [0.4, 0.5) is 0 Å². The molecule has 0 aromatic heterocycles. The van der Waals surface area contributed by atoms with Gasteiger partial charge in [0.05, 0.1) is 8.80 Å². The van der Waals surface area contributed by atoms with E-state index in [0.29, 0.717) is 0 Å². The van der Waals surface area contributed by atoms with Crippen molar-refractivity contribution in [2.24, 2.45) is 0 Å². The topological polar surface area (TPSA) is 12.0 Å². The zero-order chi connectivity index (χ0) is 9.94. The molecule has 0 aliphatic rings. The average molecular weight is 199 g/mol. The third-order valence-corrected chi connectivity index (χ3v) is 5.43. The van der Waals surface area contributed by atoms with Gasteiger partial charge in [0, 0.05) is 7.05 Å². The molecule has 0 rings (SSSR count). The fourth-order valence-corrected chi connectivity index (χ4v) is 4.51. The number of nitrogens with one attached hydrogen (secondary N) is 1. The predicted octanol–water partition coefficient (Wildman–Crippen LogP) is 3.09. The summed E-state index contributed by atoms with van der Waals surface area (Å²) in [4.78, 5) is 0. The molecule has 0 aromatic carbocycles. The normalized spacial score (nSPS) is 11.4. The van der Waals surface area contributed by atoms with E-state index in [1.807, 2.05) is 7.05 Å². The molecule has 0 heterocycles. The van der Waals surface area contributed by atoms with E-state index >= 15 is 0 Å². The van der Waals surface area contributed by atoms with E-state index in [0.717, 1.165) is 0 Å². The fourth-order valence-electron chi connectivity index (χ4n) is 1.50. The van der Waals surface area contributed by atoms with E-state index in [-0.39, 0.29) is 0 Å². The van der Waals surface area contributed by atoms with Gasteiger partial charge in [-0.25, -0.2) is 0 Å². The van der Waals surface area contributed by atoms with Gasteiger partial charge in [-0.05, 0) is 6.20 Å². The van der Waals surface area contributed by atoms with Gasteiger partial charge in [-0.2, -0.15) is 0 Å². The molecule has 1 N–H and O–H groups in total. The minimum Gasteiger partial charge on any atom is -0.395 e. The minimum absolute atomic E-state index is 0.530. The van der Waals surface area contributed by atoms with Crippen molar-refractivity contribution in [3.63, 3.8) is 0 Å². The fraction of sp³-hybridized carbons (Fsp3) is 0.818. The molecule has 0 spiro atoms. The van der Waals surface area contributed by atoms with Crippen molar-refractivity contribution >= 4 is 8.80 Å². The van der Waals surface area contributed by atoms with Crippen molar-refractivity contribution < 1.29 is 0 Å². The Kier molecular flexibility index (Phi) is 9.66. The van der Waals surface area contributed by atoms with Crippen LogP contribution in [-0.4, -0.2) is 15.8 Å². The largest absolute Gasteiger partial charge is 0.395 e. The van der Waals surface area contributed by atoms with Crippen LogP contribution < -0.4 is 5.32 Å². The molecule has 0 amide bonds. The maximum Gasteiger partial charge on any atom is 0.0633 e. The highest BCUT2D eigenvalue weighted by Gasteiger charge is 2.04. The second-order valence-electron chi connectivity index (χ2n) is 3.69. The highest BCUT2D eigenvalue weighted by molar-refractivity contribution is 6.64. The molecule has 0 atom stereocenters. The van der Waals surface area contributed by atoms with Crippen LogP contribution in [0.1, 0.15) is 39.5 Å². The molecular weight excluding hydrogens is 174 g/mol. The van der Waals surface area contributed by atoms with E-state index in [1.165, 1.54) is 37.8 Å². The molecular formula is C11H25NSi. The molecule has 0 aromatic rings. The first-order valence-electron chi connectivity index (χ1n) is 5.69. The Labute approximate surface area is 85.2 Å². The summed E-state index contributed by atoms with van der Waals surface area (Å²) in [6, 6.07) is 2.99. The van der Waals surface area contributed by atoms with Crippen LogP contribution in [0.3, 0.4) is 0 Å². The van der Waals surface area contributed by atoms with Gasteiger partial charge in [0.1, 0.15) is 0 Å². The molecule has 0 bridgehead atoms. The highest BCUT2D eigenvalue weighted by atomic mass is 28.3. The average Bonchev–Trinajstić information content (AvgIpc) is 2.17. The molecule has 0 radical (unpaired) electrons. The second kappa shape index (κ2) is 9.84. The molecule has 0 unspecified atom stereocenters. The Balaban J connectivity index is 3.66. The summed E-state index contributed by atoms with van der Waals surface area (Å²) in [5.74, 6) is 0. The first-order chi connectivity index (χ1) is 6.35. The zero-order valence-corrected chi connectivity index (χ0v) is 10.6. The predicted molar refractivity (Wildman–Crippen MR) is 64.8 cm³/mol. The van der Waals surface area contributed by atoms with Gasteiger partial charge in [0.2, 0.25) is 0 Å². The first kappa shape index (κ1) is 12.8. The summed E-state index contributed by atoms with van der Waals surface area (Å²) in [6.45, 7) is 4.57.